The molecule has 2 aliphatic rings. The zero-order valence-electron chi connectivity index (χ0n) is 11.1. The summed E-state index contributed by atoms with van der Waals surface area (Å²) >= 11 is 0. The van der Waals surface area contributed by atoms with Crippen molar-refractivity contribution in [1.29, 1.82) is 0 Å². The van der Waals surface area contributed by atoms with Crippen molar-refractivity contribution in [2.45, 2.75) is 19.3 Å². The number of esters is 1. The molecule has 0 heterocycles. The average molecular weight is 254 g/mol. The van der Waals surface area contributed by atoms with Crippen molar-refractivity contribution in [3.05, 3.63) is 53.6 Å². The summed E-state index contributed by atoms with van der Waals surface area (Å²) < 4.78 is 4.88. The fraction of sp³-hybridized carbons (Fsp3) is 0.353. The molecule has 0 unspecified atom stereocenters. The first-order valence-electron chi connectivity index (χ1n) is 6.82. The van der Waals surface area contributed by atoms with Crippen LogP contribution in [-0.2, 0) is 16.0 Å². The van der Waals surface area contributed by atoms with Crippen LogP contribution in [0, 0.1) is 11.8 Å². The van der Waals surface area contributed by atoms with Gasteiger partial charge in [0.25, 0.3) is 0 Å². The molecule has 2 aliphatic carbocycles. The highest BCUT2D eigenvalue weighted by Crippen LogP contribution is 2.39. The molecular weight excluding hydrogens is 236 g/mol. The van der Waals surface area contributed by atoms with Gasteiger partial charge in [-0.05, 0) is 36.0 Å². The van der Waals surface area contributed by atoms with Gasteiger partial charge in [0.05, 0.1) is 13.0 Å². The minimum atomic E-state index is -0.0822. The van der Waals surface area contributed by atoms with E-state index in [2.05, 4.69) is 42.5 Å². The molecule has 19 heavy (non-hydrogen) atoms. The first kappa shape index (κ1) is 12.2. The monoisotopic (exact) mass is 254 g/mol. The van der Waals surface area contributed by atoms with E-state index in [4.69, 9.17) is 4.74 Å². The lowest BCUT2D eigenvalue weighted by atomic mass is 9.81. The van der Waals surface area contributed by atoms with Crippen LogP contribution >= 0.6 is 0 Å². The van der Waals surface area contributed by atoms with Gasteiger partial charge >= 0.3 is 5.97 Å². The van der Waals surface area contributed by atoms with Crippen molar-refractivity contribution in [3.63, 3.8) is 0 Å². The van der Waals surface area contributed by atoms with E-state index in [1.54, 1.807) is 0 Å². The highest BCUT2D eigenvalue weighted by Gasteiger charge is 2.29. The molecule has 0 N–H and O–H groups in total. The van der Waals surface area contributed by atoms with Crippen LogP contribution in [-0.4, -0.2) is 13.1 Å². The van der Waals surface area contributed by atoms with Crippen molar-refractivity contribution in [3.8, 4) is 0 Å². The summed E-state index contributed by atoms with van der Waals surface area (Å²) in [6, 6.07) is 8.54. The van der Waals surface area contributed by atoms with E-state index in [0.717, 1.165) is 19.3 Å². The lowest BCUT2D eigenvalue weighted by Crippen LogP contribution is -2.21. The van der Waals surface area contributed by atoms with Crippen molar-refractivity contribution < 1.29 is 9.53 Å². The Hall–Kier alpha value is -1.83. The topological polar surface area (TPSA) is 26.3 Å². The van der Waals surface area contributed by atoms with Gasteiger partial charge in [0.2, 0.25) is 0 Å². The minimum absolute atomic E-state index is 0.00802. The number of fused-ring (bicyclic) bond motifs is 1. The second-order valence-corrected chi connectivity index (χ2v) is 5.25. The number of carbonyl (C=O) groups excluding carboxylic acids is 1. The molecule has 2 atom stereocenters. The summed E-state index contributed by atoms with van der Waals surface area (Å²) in [5.41, 5.74) is 4.12. The van der Waals surface area contributed by atoms with E-state index < -0.39 is 0 Å². The first-order valence-corrected chi connectivity index (χ1v) is 6.82. The zero-order valence-corrected chi connectivity index (χ0v) is 11.1. The van der Waals surface area contributed by atoms with Crippen LogP contribution in [0.25, 0.3) is 5.57 Å². The average Bonchev–Trinajstić information content (AvgIpc) is 2.90. The quantitative estimate of drug-likeness (QED) is 0.597. The van der Waals surface area contributed by atoms with Gasteiger partial charge < -0.3 is 4.74 Å². The summed E-state index contributed by atoms with van der Waals surface area (Å²) in [4.78, 5) is 11.7. The van der Waals surface area contributed by atoms with E-state index in [-0.39, 0.29) is 11.9 Å². The molecule has 1 aromatic carbocycles. The summed E-state index contributed by atoms with van der Waals surface area (Å²) in [5, 5.41) is 0. The molecule has 0 saturated carbocycles. The van der Waals surface area contributed by atoms with Crippen molar-refractivity contribution in [1.82, 2.24) is 0 Å². The third-order valence-electron chi connectivity index (χ3n) is 4.13. The van der Waals surface area contributed by atoms with Crippen LogP contribution in [0.4, 0.5) is 0 Å². The number of ether oxygens (including phenoxy) is 1. The Balaban J connectivity index is 1.83. The molecule has 98 valence electrons. The number of carbonyl (C=O) groups is 1. The molecular formula is C17H18O2. The molecule has 2 nitrogen and oxygen atoms in total. The molecule has 1 aromatic rings. The zero-order chi connectivity index (χ0) is 13.2. The van der Waals surface area contributed by atoms with Gasteiger partial charge in [-0.15, -0.1) is 0 Å². The summed E-state index contributed by atoms with van der Waals surface area (Å²) in [5.74, 6) is 0.274. The van der Waals surface area contributed by atoms with Gasteiger partial charge in [-0.1, -0.05) is 42.5 Å². The van der Waals surface area contributed by atoms with Crippen LogP contribution < -0.4 is 0 Å². The molecule has 2 heteroatoms. The van der Waals surface area contributed by atoms with E-state index in [1.165, 1.54) is 23.8 Å². The standard InChI is InChI=1S/C17H18O2/c1-19-17(18)14-7-4-6-13(11-14)16-10-9-12-5-2-3-8-15(12)16/h2-6,8,10,13-14H,7,9,11H2,1H3/t13-,14+/m0/s1. The second kappa shape index (κ2) is 5.04. The third-order valence-corrected chi connectivity index (χ3v) is 4.13. The summed E-state index contributed by atoms with van der Waals surface area (Å²) in [6.07, 6.45) is 9.35. The maximum absolute atomic E-state index is 11.7. The Morgan fingerprint density at radius 1 is 1.32 bits per heavy atom. The van der Waals surface area contributed by atoms with E-state index in [0.29, 0.717) is 5.92 Å². The normalized spacial score (nSPS) is 24.8. The van der Waals surface area contributed by atoms with Crippen LogP contribution in [0.2, 0.25) is 0 Å². The lowest BCUT2D eigenvalue weighted by molar-refractivity contribution is -0.145. The number of rotatable bonds is 2. The number of hydrogen-bond acceptors (Lipinski definition) is 2. The van der Waals surface area contributed by atoms with Gasteiger partial charge in [0.15, 0.2) is 0 Å². The number of benzene rings is 1. The Bertz CT molecular complexity index is 554. The largest absolute Gasteiger partial charge is 0.469 e. The van der Waals surface area contributed by atoms with Crippen LogP contribution in [0.5, 0.6) is 0 Å². The van der Waals surface area contributed by atoms with Crippen LogP contribution in [0.15, 0.2) is 42.5 Å². The Kier molecular flexibility index (Phi) is 3.24. The fourth-order valence-corrected chi connectivity index (χ4v) is 3.14. The van der Waals surface area contributed by atoms with Crippen molar-refractivity contribution in [2.75, 3.05) is 7.11 Å². The van der Waals surface area contributed by atoms with Crippen LogP contribution in [0.3, 0.4) is 0 Å². The Labute approximate surface area is 113 Å². The smallest absolute Gasteiger partial charge is 0.309 e. The van der Waals surface area contributed by atoms with E-state index in [9.17, 15) is 4.79 Å². The molecule has 0 amide bonds. The van der Waals surface area contributed by atoms with Gasteiger partial charge in [-0.2, -0.15) is 0 Å². The molecule has 0 fully saturated rings. The molecule has 0 saturated heterocycles. The van der Waals surface area contributed by atoms with Crippen LogP contribution in [0.1, 0.15) is 24.0 Å². The highest BCUT2D eigenvalue weighted by atomic mass is 16.5. The maximum Gasteiger partial charge on any atom is 0.309 e. The molecule has 0 aliphatic heterocycles. The molecule has 0 aromatic heterocycles. The highest BCUT2D eigenvalue weighted by molar-refractivity contribution is 5.78. The van der Waals surface area contributed by atoms with E-state index in [1.807, 2.05) is 0 Å². The Morgan fingerprint density at radius 2 is 2.16 bits per heavy atom. The fourth-order valence-electron chi connectivity index (χ4n) is 3.14. The SMILES string of the molecule is COC(=O)[C@@H]1CC=C[C@H](C2=CCc3ccccc32)C1. The number of allylic oxidation sites excluding steroid dienone is 4. The maximum atomic E-state index is 11.7. The molecule has 0 bridgehead atoms. The molecule has 3 rings (SSSR count). The first-order chi connectivity index (χ1) is 9.29. The predicted molar refractivity (Wildman–Crippen MR) is 75.5 cm³/mol. The predicted octanol–water partition coefficient (Wildman–Crippen LogP) is 3.38. The number of hydrogen-bond donors (Lipinski definition) is 0. The molecule has 0 spiro atoms. The lowest BCUT2D eigenvalue weighted by Gasteiger charge is -2.24. The second-order valence-electron chi connectivity index (χ2n) is 5.25. The van der Waals surface area contributed by atoms with Crippen molar-refractivity contribution in [2.24, 2.45) is 11.8 Å². The van der Waals surface area contributed by atoms with Gasteiger partial charge in [0, 0.05) is 5.92 Å². The van der Waals surface area contributed by atoms with Gasteiger partial charge in [-0.3, -0.25) is 4.79 Å². The third kappa shape index (κ3) is 2.23. The van der Waals surface area contributed by atoms with Gasteiger partial charge in [0.1, 0.15) is 0 Å². The minimum Gasteiger partial charge on any atom is -0.469 e. The summed E-state index contributed by atoms with van der Waals surface area (Å²) in [6.45, 7) is 0. The number of methoxy groups -OCH3 is 1. The Morgan fingerprint density at radius 3 is 3.00 bits per heavy atom. The molecule has 0 radical (unpaired) electrons. The van der Waals surface area contributed by atoms with Crippen molar-refractivity contribution >= 4 is 11.5 Å². The summed E-state index contributed by atoms with van der Waals surface area (Å²) in [7, 11) is 1.47. The van der Waals surface area contributed by atoms with Gasteiger partial charge in [-0.25, -0.2) is 0 Å². The van der Waals surface area contributed by atoms with E-state index >= 15 is 0 Å².